The number of nitriles is 1. The van der Waals surface area contributed by atoms with Gasteiger partial charge in [0.2, 0.25) is 0 Å². The van der Waals surface area contributed by atoms with Gasteiger partial charge in [-0.15, -0.1) is 11.8 Å². The molecule has 0 amide bonds. The van der Waals surface area contributed by atoms with E-state index in [2.05, 4.69) is 22.0 Å². The van der Waals surface area contributed by atoms with Crippen LogP contribution in [0, 0.1) is 11.3 Å². The second kappa shape index (κ2) is 6.29. The highest BCUT2D eigenvalue weighted by Gasteiger charge is 2.02. The molecule has 18 heavy (non-hydrogen) atoms. The lowest BCUT2D eigenvalue weighted by Crippen LogP contribution is -1.82. The average Bonchev–Trinajstić information content (AvgIpc) is 2.38. The Morgan fingerprint density at radius 2 is 1.89 bits per heavy atom. The van der Waals surface area contributed by atoms with Crippen molar-refractivity contribution in [3.8, 4) is 6.07 Å². The predicted molar refractivity (Wildman–Crippen MR) is 79.9 cm³/mol. The van der Waals surface area contributed by atoms with Crippen molar-refractivity contribution in [1.29, 1.82) is 5.26 Å². The van der Waals surface area contributed by atoms with Crippen LogP contribution in [-0.4, -0.2) is 0 Å². The maximum atomic E-state index is 8.84. The molecule has 0 N–H and O–H groups in total. The quantitative estimate of drug-likeness (QED) is 0.712. The fourth-order valence-electron chi connectivity index (χ4n) is 1.42. The first-order chi connectivity index (χ1) is 8.69. The monoisotopic (exact) mass is 337 g/mol. The summed E-state index contributed by atoms with van der Waals surface area (Å²) in [6, 6.07) is 15.7. The summed E-state index contributed by atoms with van der Waals surface area (Å²) in [5.41, 5.74) is 1.88. The molecule has 4 heteroatoms. The van der Waals surface area contributed by atoms with E-state index in [1.54, 1.807) is 11.8 Å². The SMILES string of the molecule is N#Cc1ccc(SCc2ccc(Cl)cc2)cc1Br. The van der Waals surface area contributed by atoms with E-state index in [1.807, 2.05) is 42.5 Å². The van der Waals surface area contributed by atoms with Gasteiger partial charge in [0.15, 0.2) is 0 Å². The molecule has 0 fully saturated rings. The Labute approximate surface area is 124 Å². The second-order valence-corrected chi connectivity index (χ2v) is 6.01. The largest absolute Gasteiger partial charge is 0.192 e. The van der Waals surface area contributed by atoms with E-state index in [1.165, 1.54) is 5.56 Å². The first-order valence-electron chi connectivity index (χ1n) is 5.26. The summed E-state index contributed by atoms with van der Waals surface area (Å²) in [7, 11) is 0. The molecule has 0 spiro atoms. The van der Waals surface area contributed by atoms with E-state index in [4.69, 9.17) is 16.9 Å². The van der Waals surface area contributed by atoms with Crippen LogP contribution in [-0.2, 0) is 5.75 Å². The molecule has 90 valence electrons. The molecule has 0 saturated carbocycles. The van der Waals surface area contributed by atoms with Crippen LogP contribution < -0.4 is 0 Å². The summed E-state index contributed by atoms with van der Waals surface area (Å²) >= 11 is 11.0. The zero-order valence-electron chi connectivity index (χ0n) is 9.36. The third-order valence-corrected chi connectivity index (χ3v) is 4.35. The van der Waals surface area contributed by atoms with Gasteiger partial charge in [0.25, 0.3) is 0 Å². The van der Waals surface area contributed by atoms with E-state index in [0.717, 1.165) is 20.1 Å². The van der Waals surface area contributed by atoms with Crippen molar-refractivity contribution in [2.75, 3.05) is 0 Å². The molecule has 0 aliphatic rings. The van der Waals surface area contributed by atoms with Crippen molar-refractivity contribution in [3.05, 3.63) is 63.1 Å². The minimum Gasteiger partial charge on any atom is -0.192 e. The van der Waals surface area contributed by atoms with E-state index in [-0.39, 0.29) is 0 Å². The predicted octanol–water partition coefficient (Wildman–Crippen LogP) is 5.27. The molecule has 0 radical (unpaired) electrons. The van der Waals surface area contributed by atoms with Gasteiger partial charge < -0.3 is 0 Å². The normalized spacial score (nSPS) is 10.1. The minimum atomic E-state index is 0.658. The average molecular weight is 339 g/mol. The van der Waals surface area contributed by atoms with Gasteiger partial charge in [-0.25, -0.2) is 0 Å². The molecular weight excluding hydrogens is 330 g/mol. The summed E-state index contributed by atoms with van der Waals surface area (Å²) in [4.78, 5) is 1.14. The van der Waals surface area contributed by atoms with E-state index < -0.39 is 0 Å². The van der Waals surface area contributed by atoms with Gasteiger partial charge in [0, 0.05) is 20.1 Å². The Hall–Kier alpha value is -0.950. The minimum absolute atomic E-state index is 0.658. The van der Waals surface area contributed by atoms with Crippen LogP contribution >= 0.6 is 39.3 Å². The summed E-state index contributed by atoms with van der Waals surface area (Å²) in [6.07, 6.45) is 0. The van der Waals surface area contributed by atoms with Gasteiger partial charge in [-0.3, -0.25) is 0 Å². The fraction of sp³-hybridized carbons (Fsp3) is 0.0714. The van der Waals surface area contributed by atoms with Crippen LogP contribution in [0.4, 0.5) is 0 Å². The number of hydrogen-bond acceptors (Lipinski definition) is 2. The van der Waals surface area contributed by atoms with Gasteiger partial charge in [-0.05, 0) is 51.8 Å². The first kappa shape index (κ1) is 13.5. The summed E-state index contributed by atoms with van der Waals surface area (Å²) in [5.74, 6) is 0.884. The van der Waals surface area contributed by atoms with Crippen LogP contribution in [0.3, 0.4) is 0 Å². The van der Waals surface area contributed by atoms with Crippen LogP contribution in [0.2, 0.25) is 5.02 Å². The van der Waals surface area contributed by atoms with Crippen molar-refractivity contribution in [2.45, 2.75) is 10.6 Å². The van der Waals surface area contributed by atoms with Crippen LogP contribution in [0.5, 0.6) is 0 Å². The van der Waals surface area contributed by atoms with Gasteiger partial charge in [0.1, 0.15) is 6.07 Å². The van der Waals surface area contributed by atoms with Crippen molar-refractivity contribution >= 4 is 39.3 Å². The van der Waals surface area contributed by atoms with Gasteiger partial charge in [-0.2, -0.15) is 5.26 Å². The van der Waals surface area contributed by atoms with E-state index >= 15 is 0 Å². The van der Waals surface area contributed by atoms with Gasteiger partial charge >= 0.3 is 0 Å². The Morgan fingerprint density at radius 1 is 1.17 bits per heavy atom. The maximum Gasteiger partial charge on any atom is 0.100 e. The molecule has 2 aromatic rings. The zero-order chi connectivity index (χ0) is 13.0. The molecule has 0 atom stereocenters. The highest BCUT2D eigenvalue weighted by molar-refractivity contribution is 9.10. The van der Waals surface area contributed by atoms with Crippen molar-refractivity contribution in [1.82, 2.24) is 0 Å². The van der Waals surface area contributed by atoms with E-state index in [0.29, 0.717) is 5.56 Å². The lowest BCUT2D eigenvalue weighted by atomic mass is 10.2. The Morgan fingerprint density at radius 3 is 2.50 bits per heavy atom. The molecular formula is C14H9BrClNS. The smallest absolute Gasteiger partial charge is 0.100 e. The Balaban J connectivity index is 2.04. The highest BCUT2D eigenvalue weighted by atomic mass is 79.9. The van der Waals surface area contributed by atoms with Crippen molar-refractivity contribution < 1.29 is 0 Å². The lowest BCUT2D eigenvalue weighted by molar-refractivity contribution is 1.35. The molecule has 0 bridgehead atoms. The second-order valence-electron chi connectivity index (χ2n) is 3.67. The number of nitrogens with zero attached hydrogens (tertiary/aromatic N) is 1. The summed E-state index contributed by atoms with van der Waals surface area (Å²) in [5, 5.41) is 9.60. The fourth-order valence-corrected chi connectivity index (χ4v) is 3.06. The summed E-state index contributed by atoms with van der Waals surface area (Å²) in [6.45, 7) is 0. The van der Waals surface area contributed by atoms with Crippen LogP contribution in [0.1, 0.15) is 11.1 Å². The summed E-state index contributed by atoms with van der Waals surface area (Å²) < 4.78 is 0.839. The molecule has 2 aromatic carbocycles. The maximum absolute atomic E-state index is 8.84. The molecule has 0 heterocycles. The van der Waals surface area contributed by atoms with Crippen LogP contribution in [0.25, 0.3) is 0 Å². The molecule has 0 unspecified atom stereocenters. The first-order valence-corrected chi connectivity index (χ1v) is 7.41. The number of thioether (sulfide) groups is 1. The van der Waals surface area contributed by atoms with Gasteiger partial charge in [-0.1, -0.05) is 23.7 Å². The number of benzene rings is 2. The third kappa shape index (κ3) is 3.52. The molecule has 2 rings (SSSR count). The highest BCUT2D eigenvalue weighted by Crippen LogP contribution is 2.27. The topological polar surface area (TPSA) is 23.8 Å². The molecule has 0 saturated heterocycles. The number of halogens is 2. The van der Waals surface area contributed by atoms with Gasteiger partial charge in [0.05, 0.1) is 5.56 Å². The number of rotatable bonds is 3. The Kier molecular flexibility index (Phi) is 4.71. The van der Waals surface area contributed by atoms with Crippen molar-refractivity contribution in [2.24, 2.45) is 0 Å². The van der Waals surface area contributed by atoms with Crippen LogP contribution in [0.15, 0.2) is 51.8 Å². The molecule has 0 aromatic heterocycles. The Bertz CT molecular complexity index is 590. The lowest BCUT2D eigenvalue weighted by Gasteiger charge is -2.04. The molecule has 0 aliphatic heterocycles. The number of hydrogen-bond donors (Lipinski definition) is 0. The van der Waals surface area contributed by atoms with E-state index in [9.17, 15) is 0 Å². The molecule has 1 nitrogen and oxygen atoms in total. The zero-order valence-corrected chi connectivity index (χ0v) is 12.5. The molecule has 0 aliphatic carbocycles. The third-order valence-electron chi connectivity index (χ3n) is 2.38. The standard InChI is InChI=1S/C14H9BrClNS/c15-14-7-13(6-3-11(14)8-17)18-9-10-1-4-12(16)5-2-10/h1-7H,9H2. The van der Waals surface area contributed by atoms with Crippen molar-refractivity contribution in [3.63, 3.8) is 0 Å².